The molecule has 1 aromatic rings. The van der Waals surface area contributed by atoms with Gasteiger partial charge in [0.2, 0.25) is 0 Å². The number of hydrogen-bond acceptors (Lipinski definition) is 6. The maximum atomic E-state index is 10.8. The maximum Gasteiger partial charge on any atom is 0.311 e. The van der Waals surface area contributed by atoms with E-state index in [2.05, 4.69) is 26.2 Å². The predicted molar refractivity (Wildman–Crippen MR) is 74.4 cm³/mol. The lowest BCUT2D eigenvalue weighted by atomic mass is 10.3. The van der Waals surface area contributed by atoms with E-state index in [-0.39, 0.29) is 5.69 Å². The molecule has 0 bridgehead atoms. The summed E-state index contributed by atoms with van der Waals surface area (Å²) in [5.41, 5.74) is 0.395. The summed E-state index contributed by atoms with van der Waals surface area (Å²) in [6.07, 6.45) is 3.49. The standard InChI is InChI=1S/C11H16BrN3O4/c1-18-5-6-19-4-2-3-14-11-9(12)7-13-8-10(11)15(16)17/h7-8H,2-6H2,1H3,(H,13,14). The molecule has 0 saturated carbocycles. The number of hydrogen-bond donors (Lipinski definition) is 1. The highest BCUT2D eigenvalue weighted by Gasteiger charge is 2.16. The monoisotopic (exact) mass is 333 g/mol. The lowest BCUT2D eigenvalue weighted by Gasteiger charge is -2.08. The lowest BCUT2D eigenvalue weighted by Crippen LogP contribution is -2.10. The van der Waals surface area contributed by atoms with Gasteiger partial charge < -0.3 is 14.8 Å². The molecule has 0 unspecified atom stereocenters. The summed E-state index contributed by atoms with van der Waals surface area (Å²) in [5, 5.41) is 13.9. The van der Waals surface area contributed by atoms with E-state index in [1.807, 2.05) is 0 Å². The molecular formula is C11H16BrN3O4. The summed E-state index contributed by atoms with van der Waals surface area (Å²) < 4.78 is 10.7. The molecule has 0 aromatic carbocycles. The first kappa shape index (κ1) is 15.8. The molecule has 0 fully saturated rings. The van der Waals surface area contributed by atoms with E-state index in [0.717, 1.165) is 6.42 Å². The molecule has 0 atom stereocenters. The zero-order valence-electron chi connectivity index (χ0n) is 10.6. The summed E-state index contributed by atoms with van der Waals surface area (Å²) in [7, 11) is 1.62. The third kappa shape index (κ3) is 5.50. The smallest absolute Gasteiger partial charge is 0.311 e. The first-order valence-electron chi connectivity index (χ1n) is 5.75. The lowest BCUT2D eigenvalue weighted by molar-refractivity contribution is -0.384. The number of pyridine rings is 1. The van der Waals surface area contributed by atoms with Gasteiger partial charge >= 0.3 is 5.69 Å². The number of ether oxygens (including phenoxy) is 2. The van der Waals surface area contributed by atoms with Gasteiger partial charge in [-0.2, -0.15) is 0 Å². The average molecular weight is 334 g/mol. The van der Waals surface area contributed by atoms with Crippen molar-refractivity contribution in [2.24, 2.45) is 0 Å². The summed E-state index contributed by atoms with van der Waals surface area (Å²) in [5.74, 6) is 0. The van der Waals surface area contributed by atoms with E-state index in [9.17, 15) is 10.1 Å². The predicted octanol–water partition coefficient (Wildman–Crippen LogP) is 2.22. The normalized spacial score (nSPS) is 10.4. The van der Waals surface area contributed by atoms with E-state index in [1.54, 1.807) is 7.11 Å². The van der Waals surface area contributed by atoms with Crippen LogP contribution in [0.1, 0.15) is 6.42 Å². The number of methoxy groups -OCH3 is 1. The third-order valence-electron chi connectivity index (χ3n) is 2.28. The third-order valence-corrected chi connectivity index (χ3v) is 2.88. The van der Waals surface area contributed by atoms with E-state index < -0.39 is 4.92 Å². The first-order chi connectivity index (χ1) is 9.16. The summed E-state index contributed by atoms with van der Waals surface area (Å²) in [6, 6.07) is 0. The maximum absolute atomic E-state index is 10.8. The van der Waals surface area contributed by atoms with Gasteiger partial charge in [0.15, 0.2) is 0 Å². The van der Waals surface area contributed by atoms with Crippen LogP contribution in [0.15, 0.2) is 16.9 Å². The Balaban J connectivity index is 2.38. The Kier molecular flexibility index (Phi) is 7.31. The highest BCUT2D eigenvalue weighted by molar-refractivity contribution is 9.10. The van der Waals surface area contributed by atoms with Crippen LogP contribution in [0.3, 0.4) is 0 Å². The second kappa shape index (κ2) is 8.78. The van der Waals surface area contributed by atoms with Crippen molar-refractivity contribution < 1.29 is 14.4 Å². The minimum Gasteiger partial charge on any atom is -0.382 e. The van der Waals surface area contributed by atoms with Crippen LogP contribution in [0.4, 0.5) is 11.4 Å². The molecule has 1 heterocycles. The van der Waals surface area contributed by atoms with Crippen LogP contribution in [0.5, 0.6) is 0 Å². The molecule has 0 amide bonds. The van der Waals surface area contributed by atoms with Gasteiger partial charge in [0.1, 0.15) is 11.9 Å². The molecule has 8 heteroatoms. The molecule has 0 radical (unpaired) electrons. The van der Waals surface area contributed by atoms with Crippen molar-refractivity contribution in [2.75, 3.05) is 38.8 Å². The van der Waals surface area contributed by atoms with Gasteiger partial charge in [0.05, 0.1) is 22.6 Å². The minimum absolute atomic E-state index is 0.0466. The summed E-state index contributed by atoms with van der Waals surface area (Å²) in [6.45, 7) is 2.27. The van der Waals surface area contributed by atoms with Crippen molar-refractivity contribution in [1.82, 2.24) is 4.98 Å². The van der Waals surface area contributed by atoms with Crippen LogP contribution >= 0.6 is 15.9 Å². The molecule has 7 nitrogen and oxygen atoms in total. The molecule has 0 aliphatic rings. The van der Waals surface area contributed by atoms with Crippen molar-refractivity contribution >= 4 is 27.3 Å². The van der Waals surface area contributed by atoms with Crippen LogP contribution in [0.2, 0.25) is 0 Å². The highest BCUT2D eigenvalue weighted by Crippen LogP contribution is 2.30. The molecule has 0 spiro atoms. The van der Waals surface area contributed by atoms with Gasteiger partial charge in [0, 0.05) is 26.5 Å². The molecule has 1 N–H and O–H groups in total. The fraction of sp³-hybridized carbons (Fsp3) is 0.545. The van der Waals surface area contributed by atoms with E-state index in [1.165, 1.54) is 12.4 Å². The minimum atomic E-state index is -0.463. The second-order valence-corrected chi connectivity index (χ2v) is 4.51. The van der Waals surface area contributed by atoms with Crippen molar-refractivity contribution in [3.05, 3.63) is 27.0 Å². The Hall–Kier alpha value is -1.25. The van der Waals surface area contributed by atoms with E-state index in [0.29, 0.717) is 36.5 Å². The molecule has 0 saturated heterocycles. The molecule has 0 aliphatic carbocycles. The number of nitrogens with zero attached hydrogens (tertiary/aromatic N) is 2. The van der Waals surface area contributed by atoms with Crippen LogP contribution in [0, 0.1) is 10.1 Å². The van der Waals surface area contributed by atoms with Crippen molar-refractivity contribution in [2.45, 2.75) is 6.42 Å². The number of nitrogens with one attached hydrogen (secondary N) is 1. The van der Waals surface area contributed by atoms with E-state index >= 15 is 0 Å². The van der Waals surface area contributed by atoms with Crippen molar-refractivity contribution in [3.8, 4) is 0 Å². The Morgan fingerprint density at radius 2 is 2.21 bits per heavy atom. The second-order valence-electron chi connectivity index (χ2n) is 3.66. The van der Waals surface area contributed by atoms with Gasteiger partial charge in [-0.15, -0.1) is 0 Å². The van der Waals surface area contributed by atoms with Crippen LogP contribution in [-0.4, -0.2) is 43.4 Å². The molecule has 1 aromatic heterocycles. The fourth-order valence-electron chi connectivity index (χ4n) is 1.37. The highest BCUT2D eigenvalue weighted by atomic mass is 79.9. The molecule has 19 heavy (non-hydrogen) atoms. The Labute approximate surface area is 119 Å². The fourth-order valence-corrected chi connectivity index (χ4v) is 1.83. The molecular weight excluding hydrogens is 318 g/mol. The quantitative estimate of drug-likeness (QED) is 0.423. The largest absolute Gasteiger partial charge is 0.382 e. The summed E-state index contributed by atoms with van der Waals surface area (Å²) in [4.78, 5) is 14.2. The zero-order valence-corrected chi connectivity index (χ0v) is 12.2. The Bertz CT molecular complexity index is 417. The van der Waals surface area contributed by atoms with Crippen molar-refractivity contribution in [1.29, 1.82) is 0 Å². The zero-order chi connectivity index (χ0) is 14.1. The van der Waals surface area contributed by atoms with Gasteiger partial charge in [-0.25, -0.2) is 0 Å². The Morgan fingerprint density at radius 3 is 2.89 bits per heavy atom. The van der Waals surface area contributed by atoms with Crippen molar-refractivity contribution in [3.63, 3.8) is 0 Å². The topological polar surface area (TPSA) is 86.5 Å². The van der Waals surface area contributed by atoms with Gasteiger partial charge in [-0.3, -0.25) is 15.1 Å². The van der Waals surface area contributed by atoms with Crippen LogP contribution in [0.25, 0.3) is 0 Å². The number of nitro groups is 1. The molecule has 106 valence electrons. The van der Waals surface area contributed by atoms with Gasteiger partial charge in [-0.05, 0) is 22.4 Å². The molecule has 0 aliphatic heterocycles. The van der Waals surface area contributed by atoms with Crippen LogP contribution in [-0.2, 0) is 9.47 Å². The van der Waals surface area contributed by atoms with E-state index in [4.69, 9.17) is 9.47 Å². The number of rotatable bonds is 9. The number of anilines is 1. The van der Waals surface area contributed by atoms with Crippen LogP contribution < -0.4 is 5.32 Å². The number of halogens is 1. The Morgan fingerprint density at radius 1 is 1.42 bits per heavy atom. The summed E-state index contributed by atoms with van der Waals surface area (Å²) >= 11 is 3.24. The van der Waals surface area contributed by atoms with Gasteiger partial charge in [0.25, 0.3) is 0 Å². The van der Waals surface area contributed by atoms with Gasteiger partial charge in [-0.1, -0.05) is 0 Å². The number of aromatic nitrogens is 1. The average Bonchev–Trinajstić information content (AvgIpc) is 2.39. The SMILES string of the molecule is COCCOCCCNc1c(Br)cncc1[N+](=O)[O-]. The first-order valence-corrected chi connectivity index (χ1v) is 6.54. The molecule has 1 rings (SSSR count).